The molecule has 0 aliphatic heterocycles. The van der Waals surface area contributed by atoms with E-state index in [-0.39, 0.29) is 0 Å². The molecule has 6 heteroatoms. The topological polar surface area (TPSA) is 83.8 Å². The quantitative estimate of drug-likeness (QED) is 0.537. The number of aliphatic carboxylic acids is 1. The second-order valence-corrected chi connectivity index (χ2v) is 3.87. The third-order valence-corrected chi connectivity index (χ3v) is 3.10. The maximum atomic E-state index is 10.6. The molecule has 76 valence electrons. The lowest BCUT2D eigenvalue weighted by atomic mass is 10.1. The van der Waals surface area contributed by atoms with E-state index in [1.54, 1.807) is 6.26 Å². The molecule has 0 aliphatic rings. The van der Waals surface area contributed by atoms with Crippen LogP contribution in [0.1, 0.15) is 13.8 Å². The summed E-state index contributed by atoms with van der Waals surface area (Å²) >= 11 is 1.05. The number of hydrogen-bond donors (Lipinski definition) is 2. The summed E-state index contributed by atoms with van der Waals surface area (Å²) in [6.07, 6.45) is 0.132. The number of thioether (sulfide) groups is 1. The third-order valence-electron chi connectivity index (χ3n) is 1.85. The minimum absolute atomic E-state index is 0.890. The fourth-order valence-corrected chi connectivity index (χ4v) is 1.31. The smallest absolute Gasteiger partial charge is 0.481 e. The predicted molar refractivity (Wildman–Crippen MR) is 47.8 cm³/mol. The molecule has 0 spiro atoms. The van der Waals surface area contributed by atoms with Gasteiger partial charge in [0.2, 0.25) is 0 Å². The van der Waals surface area contributed by atoms with Crippen LogP contribution < -0.4 is 0 Å². The highest BCUT2D eigenvalue weighted by molar-refractivity contribution is 7.99. The molecule has 0 heterocycles. The van der Waals surface area contributed by atoms with Crippen LogP contribution in [0.2, 0.25) is 0 Å². The molecule has 2 unspecified atom stereocenters. The van der Waals surface area contributed by atoms with Crippen molar-refractivity contribution in [3.8, 4) is 0 Å². The monoisotopic (exact) mass is 208 g/mol. The summed E-state index contributed by atoms with van der Waals surface area (Å²) < 4.78 is 4.51. The van der Waals surface area contributed by atoms with E-state index in [1.165, 1.54) is 13.8 Å². The second kappa shape index (κ2) is 4.36. The number of carbonyl (C=O) groups is 2. The van der Waals surface area contributed by atoms with Gasteiger partial charge in [-0.2, -0.15) is 0 Å². The summed E-state index contributed by atoms with van der Waals surface area (Å²) in [5, 5.41) is 17.1. The molecule has 0 aromatic heterocycles. The Labute approximate surface area is 80.1 Å². The molecule has 13 heavy (non-hydrogen) atoms. The van der Waals surface area contributed by atoms with Crippen LogP contribution in [0.5, 0.6) is 0 Å². The molecule has 0 aromatic carbocycles. The number of ether oxygens (including phenoxy) is 1. The molecule has 0 radical (unpaired) electrons. The zero-order valence-corrected chi connectivity index (χ0v) is 8.42. The Morgan fingerprint density at radius 2 is 1.92 bits per heavy atom. The SMILES string of the molecule is CSC(C)(OC(=O)O)C(C)C(=O)O. The highest BCUT2D eigenvalue weighted by Crippen LogP contribution is 2.32. The van der Waals surface area contributed by atoms with Gasteiger partial charge >= 0.3 is 12.1 Å². The molecule has 2 N–H and O–H groups in total. The van der Waals surface area contributed by atoms with Crippen molar-refractivity contribution in [1.29, 1.82) is 0 Å². The van der Waals surface area contributed by atoms with Gasteiger partial charge in [-0.05, 0) is 20.1 Å². The predicted octanol–water partition coefficient (Wildman–Crippen LogP) is 1.48. The summed E-state index contributed by atoms with van der Waals surface area (Å²) in [4.78, 5) is 19.6. The molecule has 0 saturated carbocycles. The molecule has 0 aliphatic carbocycles. The highest BCUT2D eigenvalue weighted by Gasteiger charge is 2.39. The molecule has 0 aromatic rings. The zero-order chi connectivity index (χ0) is 10.6. The van der Waals surface area contributed by atoms with E-state index in [9.17, 15) is 9.59 Å². The summed E-state index contributed by atoms with van der Waals surface area (Å²) in [7, 11) is 0. The number of hydrogen-bond acceptors (Lipinski definition) is 4. The highest BCUT2D eigenvalue weighted by atomic mass is 32.2. The number of carboxylic acid groups (broad SMARTS) is 2. The molecule has 0 saturated heterocycles. The van der Waals surface area contributed by atoms with Crippen molar-refractivity contribution >= 4 is 23.9 Å². The van der Waals surface area contributed by atoms with Crippen LogP contribution in [0.15, 0.2) is 0 Å². The average molecular weight is 208 g/mol. The van der Waals surface area contributed by atoms with Crippen LogP contribution in [0, 0.1) is 5.92 Å². The van der Waals surface area contributed by atoms with Gasteiger partial charge in [0.25, 0.3) is 0 Å². The van der Waals surface area contributed by atoms with Crippen molar-refractivity contribution < 1.29 is 24.5 Å². The molecule has 5 nitrogen and oxygen atoms in total. The average Bonchev–Trinajstić information content (AvgIpc) is 2.01. The van der Waals surface area contributed by atoms with Gasteiger partial charge < -0.3 is 14.9 Å². The van der Waals surface area contributed by atoms with Crippen LogP contribution in [-0.2, 0) is 9.53 Å². The Morgan fingerprint density at radius 3 is 2.15 bits per heavy atom. The lowest BCUT2D eigenvalue weighted by molar-refractivity contribution is -0.145. The van der Waals surface area contributed by atoms with E-state index in [1.807, 2.05) is 0 Å². The first-order valence-electron chi connectivity index (χ1n) is 3.53. The Bertz CT molecular complexity index is 217. The van der Waals surface area contributed by atoms with Crippen molar-refractivity contribution in [3.05, 3.63) is 0 Å². The van der Waals surface area contributed by atoms with E-state index >= 15 is 0 Å². The van der Waals surface area contributed by atoms with Crippen molar-refractivity contribution in [3.63, 3.8) is 0 Å². The van der Waals surface area contributed by atoms with Gasteiger partial charge in [0.1, 0.15) is 5.92 Å². The maximum Gasteiger partial charge on any atom is 0.507 e. The fraction of sp³-hybridized carbons (Fsp3) is 0.714. The van der Waals surface area contributed by atoms with E-state index < -0.39 is 23.0 Å². The summed E-state index contributed by atoms with van der Waals surface area (Å²) in [6, 6.07) is 0. The Morgan fingerprint density at radius 1 is 1.46 bits per heavy atom. The van der Waals surface area contributed by atoms with E-state index in [2.05, 4.69) is 4.74 Å². The molecule has 0 fully saturated rings. The van der Waals surface area contributed by atoms with Crippen LogP contribution in [0.4, 0.5) is 4.79 Å². The Kier molecular flexibility index (Phi) is 4.06. The van der Waals surface area contributed by atoms with Gasteiger partial charge in [-0.1, -0.05) is 0 Å². The van der Waals surface area contributed by atoms with Crippen molar-refractivity contribution in [2.24, 2.45) is 5.92 Å². The normalized spacial score (nSPS) is 17.2. The van der Waals surface area contributed by atoms with Gasteiger partial charge in [-0.25, -0.2) is 4.79 Å². The first-order valence-corrected chi connectivity index (χ1v) is 4.76. The van der Waals surface area contributed by atoms with Crippen LogP contribution in [-0.4, -0.2) is 33.5 Å². The largest absolute Gasteiger partial charge is 0.507 e. The molecular formula is C7H12O5S. The van der Waals surface area contributed by atoms with Gasteiger partial charge in [-0.3, -0.25) is 4.79 Å². The van der Waals surface area contributed by atoms with E-state index in [0.29, 0.717) is 0 Å². The van der Waals surface area contributed by atoms with E-state index in [4.69, 9.17) is 10.2 Å². The third kappa shape index (κ3) is 3.14. The zero-order valence-electron chi connectivity index (χ0n) is 7.60. The molecule has 2 atom stereocenters. The van der Waals surface area contributed by atoms with Crippen molar-refractivity contribution in [2.45, 2.75) is 18.8 Å². The minimum atomic E-state index is -1.47. The van der Waals surface area contributed by atoms with Crippen LogP contribution in [0.25, 0.3) is 0 Å². The molecular weight excluding hydrogens is 196 g/mol. The van der Waals surface area contributed by atoms with Crippen molar-refractivity contribution in [2.75, 3.05) is 6.26 Å². The van der Waals surface area contributed by atoms with E-state index in [0.717, 1.165) is 11.8 Å². The van der Waals surface area contributed by atoms with Gasteiger partial charge in [0.15, 0.2) is 4.93 Å². The lowest BCUT2D eigenvalue weighted by Gasteiger charge is -2.29. The van der Waals surface area contributed by atoms with Crippen LogP contribution >= 0.6 is 11.8 Å². The van der Waals surface area contributed by atoms with Crippen molar-refractivity contribution in [1.82, 2.24) is 0 Å². The second-order valence-electron chi connectivity index (χ2n) is 2.65. The van der Waals surface area contributed by atoms with Crippen LogP contribution in [0.3, 0.4) is 0 Å². The number of rotatable bonds is 4. The summed E-state index contributed by atoms with van der Waals surface area (Å²) in [5.41, 5.74) is 0. The fourth-order valence-electron chi connectivity index (χ4n) is 0.704. The standard InChI is InChI=1S/C7H12O5S/c1-4(5(8)9)7(2,13-3)12-6(10)11/h4H,1-3H3,(H,8,9)(H,10,11). The summed E-state index contributed by atoms with van der Waals surface area (Å²) in [6.45, 7) is 2.84. The summed E-state index contributed by atoms with van der Waals surface area (Å²) in [5.74, 6) is -1.98. The molecule has 0 bridgehead atoms. The van der Waals surface area contributed by atoms with Gasteiger partial charge in [0.05, 0.1) is 0 Å². The molecule has 0 amide bonds. The maximum absolute atomic E-state index is 10.6. The minimum Gasteiger partial charge on any atom is -0.481 e. The lowest BCUT2D eigenvalue weighted by Crippen LogP contribution is -2.38. The number of carboxylic acids is 1. The van der Waals surface area contributed by atoms with Gasteiger partial charge in [-0.15, -0.1) is 11.8 Å². The Hall–Kier alpha value is -0.910. The van der Waals surface area contributed by atoms with Gasteiger partial charge in [0, 0.05) is 0 Å². The first-order chi connectivity index (χ1) is 5.83. The molecule has 0 rings (SSSR count). The first kappa shape index (κ1) is 12.1. The Balaban J connectivity index is 4.61.